The molecule has 0 saturated carbocycles. The first kappa shape index (κ1) is 21.7. The molecule has 0 unspecified atom stereocenters. The Morgan fingerprint density at radius 2 is 1.42 bits per heavy atom. The summed E-state index contributed by atoms with van der Waals surface area (Å²) in [6, 6.07) is 19.4. The van der Waals surface area contributed by atoms with Gasteiger partial charge in [-0.05, 0) is 56.2 Å². The molecular formula is C26H27N3O3S. The van der Waals surface area contributed by atoms with Crippen LogP contribution < -0.4 is 4.74 Å². The number of aryl methyl sites for hydroxylation is 3. The van der Waals surface area contributed by atoms with Crippen LogP contribution >= 0.6 is 0 Å². The summed E-state index contributed by atoms with van der Waals surface area (Å²) in [5.41, 5.74) is 4.35. The molecule has 3 aromatic rings. The van der Waals surface area contributed by atoms with Crippen LogP contribution in [0.4, 0.5) is 5.69 Å². The lowest BCUT2D eigenvalue weighted by atomic mass is 10.1. The minimum Gasteiger partial charge on any atom is -0.454 e. The van der Waals surface area contributed by atoms with Gasteiger partial charge in [-0.3, -0.25) is 0 Å². The third kappa shape index (κ3) is 3.92. The van der Waals surface area contributed by atoms with Crippen molar-refractivity contribution in [2.45, 2.75) is 25.7 Å². The summed E-state index contributed by atoms with van der Waals surface area (Å²) in [7, 11) is -3.57. The number of benzene rings is 3. The van der Waals surface area contributed by atoms with E-state index >= 15 is 0 Å². The maximum Gasteiger partial charge on any atom is 0.243 e. The first-order valence-corrected chi connectivity index (χ1v) is 12.6. The zero-order valence-electron chi connectivity index (χ0n) is 19.1. The molecule has 0 spiro atoms. The predicted octanol–water partition coefficient (Wildman–Crippen LogP) is 4.80. The molecule has 0 N–H and O–H groups in total. The fourth-order valence-electron chi connectivity index (χ4n) is 4.75. The molecule has 0 atom stereocenters. The average molecular weight is 462 g/mol. The van der Waals surface area contributed by atoms with Crippen LogP contribution in [0.3, 0.4) is 0 Å². The molecule has 2 aliphatic heterocycles. The Labute approximate surface area is 195 Å². The van der Waals surface area contributed by atoms with E-state index in [1.165, 1.54) is 0 Å². The van der Waals surface area contributed by atoms with Gasteiger partial charge in [-0.1, -0.05) is 42.0 Å². The largest absolute Gasteiger partial charge is 0.454 e. The number of nitrogens with zero attached hydrogens (tertiary/aromatic N) is 3. The van der Waals surface area contributed by atoms with Crippen molar-refractivity contribution in [3.63, 3.8) is 0 Å². The first-order valence-electron chi connectivity index (χ1n) is 11.1. The molecule has 1 fully saturated rings. The Morgan fingerprint density at radius 3 is 2.12 bits per heavy atom. The summed E-state index contributed by atoms with van der Waals surface area (Å²) in [5.74, 6) is 2.28. The van der Waals surface area contributed by atoms with E-state index in [4.69, 9.17) is 9.73 Å². The van der Waals surface area contributed by atoms with E-state index in [0.29, 0.717) is 36.8 Å². The number of sulfonamides is 1. The van der Waals surface area contributed by atoms with Crippen molar-refractivity contribution < 1.29 is 13.2 Å². The zero-order valence-corrected chi connectivity index (χ0v) is 19.9. The molecule has 1 saturated heterocycles. The number of ether oxygens (including phenoxy) is 1. The summed E-state index contributed by atoms with van der Waals surface area (Å²) in [4.78, 5) is 7.53. The number of para-hydroxylation sites is 3. The number of hydrogen-bond acceptors (Lipinski definition) is 5. The van der Waals surface area contributed by atoms with Gasteiger partial charge >= 0.3 is 0 Å². The lowest BCUT2D eigenvalue weighted by Gasteiger charge is -2.36. The monoisotopic (exact) mass is 461 g/mol. The molecule has 3 aromatic carbocycles. The standard InChI is InChI=1S/C26H27N3O3S/c1-18-16-19(2)25(20(3)17-18)33(30,31)29-14-12-28(13-15-29)26-21-8-4-6-10-23(21)32-24-11-7-5-9-22(24)27-26/h4-11,16-17H,12-15H2,1-3H3. The van der Waals surface area contributed by atoms with Gasteiger partial charge in [-0.2, -0.15) is 4.31 Å². The van der Waals surface area contributed by atoms with Gasteiger partial charge in [0.2, 0.25) is 10.0 Å². The lowest BCUT2D eigenvalue weighted by Crippen LogP contribution is -2.50. The minimum atomic E-state index is -3.57. The van der Waals surface area contributed by atoms with E-state index in [0.717, 1.165) is 39.5 Å². The molecule has 6 nitrogen and oxygen atoms in total. The number of piperazine rings is 1. The highest BCUT2D eigenvalue weighted by atomic mass is 32.2. The van der Waals surface area contributed by atoms with Crippen LogP contribution in [0.2, 0.25) is 0 Å². The van der Waals surface area contributed by atoms with E-state index < -0.39 is 10.0 Å². The Kier molecular flexibility index (Phi) is 5.46. The normalized spacial score (nSPS) is 16.3. The van der Waals surface area contributed by atoms with Crippen molar-refractivity contribution in [3.05, 3.63) is 82.9 Å². The van der Waals surface area contributed by atoms with Crippen molar-refractivity contribution in [2.24, 2.45) is 4.99 Å². The maximum atomic E-state index is 13.5. The summed E-state index contributed by atoms with van der Waals surface area (Å²) in [6.07, 6.45) is 0. The number of rotatable bonds is 2. The molecule has 0 aromatic heterocycles. The van der Waals surface area contributed by atoms with Gasteiger partial charge < -0.3 is 9.64 Å². The second-order valence-electron chi connectivity index (χ2n) is 8.62. The molecule has 33 heavy (non-hydrogen) atoms. The van der Waals surface area contributed by atoms with E-state index in [1.54, 1.807) is 4.31 Å². The first-order chi connectivity index (χ1) is 15.8. The average Bonchev–Trinajstić information content (AvgIpc) is 2.95. The predicted molar refractivity (Wildman–Crippen MR) is 130 cm³/mol. The van der Waals surface area contributed by atoms with Gasteiger partial charge in [0.1, 0.15) is 17.3 Å². The molecule has 7 heteroatoms. The summed E-state index contributed by atoms with van der Waals surface area (Å²) >= 11 is 0. The third-order valence-corrected chi connectivity index (χ3v) is 8.39. The maximum absolute atomic E-state index is 13.5. The van der Waals surface area contributed by atoms with Gasteiger partial charge in [0.05, 0.1) is 10.5 Å². The van der Waals surface area contributed by atoms with Crippen LogP contribution in [0.5, 0.6) is 11.5 Å². The van der Waals surface area contributed by atoms with Gasteiger partial charge in [0.25, 0.3) is 0 Å². The molecule has 2 heterocycles. The molecule has 5 rings (SSSR count). The second-order valence-corrected chi connectivity index (χ2v) is 10.5. The van der Waals surface area contributed by atoms with Crippen LogP contribution in [0.15, 0.2) is 70.6 Å². The summed E-state index contributed by atoms with van der Waals surface area (Å²) in [5, 5.41) is 0. The number of fused-ring (bicyclic) bond motifs is 2. The zero-order chi connectivity index (χ0) is 23.2. The lowest BCUT2D eigenvalue weighted by molar-refractivity contribution is 0.266. The van der Waals surface area contributed by atoms with Crippen molar-refractivity contribution in [2.75, 3.05) is 26.2 Å². The highest BCUT2D eigenvalue weighted by Crippen LogP contribution is 2.38. The molecule has 0 aliphatic carbocycles. The smallest absolute Gasteiger partial charge is 0.243 e. The Morgan fingerprint density at radius 1 is 0.818 bits per heavy atom. The topological polar surface area (TPSA) is 62.2 Å². The summed E-state index contributed by atoms with van der Waals surface area (Å²) in [6.45, 7) is 7.65. The number of hydrogen-bond donors (Lipinski definition) is 0. The van der Waals surface area contributed by atoms with E-state index in [1.807, 2.05) is 81.4 Å². The van der Waals surface area contributed by atoms with Gasteiger partial charge in [0, 0.05) is 26.2 Å². The van der Waals surface area contributed by atoms with Gasteiger partial charge in [0.15, 0.2) is 5.75 Å². The van der Waals surface area contributed by atoms with Crippen LogP contribution in [0, 0.1) is 20.8 Å². The van der Waals surface area contributed by atoms with Crippen molar-refractivity contribution in [1.29, 1.82) is 0 Å². The Hall–Kier alpha value is -3.16. The number of aliphatic imine (C=N–C) groups is 1. The van der Waals surface area contributed by atoms with Crippen molar-refractivity contribution in [1.82, 2.24) is 9.21 Å². The van der Waals surface area contributed by atoms with E-state index in [-0.39, 0.29) is 0 Å². The van der Waals surface area contributed by atoms with E-state index in [2.05, 4.69) is 4.90 Å². The van der Waals surface area contributed by atoms with E-state index in [9.17, 15) is 8.42 Å². The van der Waals surface area contributed by atoms with Crippen LogP contribution in [-0.4, -0.2) is 49.6 Å². The molecule has 0 radical (unpaired) electrons. The summed E-state index contributed by atoms with van der Waals surface area (Å²) < 4.78 is 34.7. The van der Waals surface area contributed by atoms with Crippen molar-refractivity contribution >= 4 is 21.5 Å². The van der Waals surface area contributed by atoms with Crippen LogP contribution in [-0.2, 0) is 10.0 Å². The van der Waals surface area contributed by atoms with Gasteiger partial charge in [-0.15, -0.1) is 0 Å². The highest BCUT2D eigenvalue weighted by Gasteiger charge is 2.33. The molecule has 170 valence electrons. The molecule has 0 bridgehead atoms. The quantitative estimate of drug-likeness (QED) is 0.550. The van der Waals surface area contributed by atoms with Crippen LogP contribution in [0.1, 0.15) is 22.3 Å². The fourth-order valence-corrected chi connectivity index (χ4v) is 6.59. The molecule has 0 amide bonds. The third-order valence-electron chi connectivity index (χ3n) is 6.18. The van der Waals surface area contributed by atoms with Gasteiger partial charge in [-0.25, -0.2) is 13.4 Å². The fraction of sp³-hybridized carbons (Fsp3) is 0.269. The SMILES string of the molecule is Cc1cc(C)c(S(=O)(=O)N2CCN(C3=Nc4ccccc4Oc4ccccc43)CC2)c(C)c1. The Balaban J connectivity index is 1.44. The second kappa shape index (κ2) is 8.32. The molecule has 2 aliphatic rings. The molecular weight excluding hydrogens is 434 g/mol. The van der Waals surface area contributed by atoms with Crippen molar-refractivity contribution in [3.8, 4) is 11.5 Å². The highest BCUT2D eigenvalue weighted by molar-refractivity contribution is 7.89. The Bertz CT molecular complexity index is 1330. The van der Waals surface area contributed by atoms with Crippen LogP contribution in [0.25, 0.3) is 0 Å². The number of amidine groups is 1. The minimum absolute atomic E-state index is 0.402.